The number of carbonyl (C=O) groups is 1. The van der Waals surface area contributed by atoms with Crippen LogP contribution in [0.5, 0.6) is 0 Å². The highest BCUT2D eigenvalue weighted by Gasteiger charge is 2.24. The van der Waals surface area contributed by atoms with Gasteiger partial charge in [-0.2, -0.15) is 0 Å². The Morgan fingerprint density at radius 1 is 1.50 bits per heavy atom. The third kappa shape index (κ3) is 4.70. The lowest BCUT2D eigenvalue weighted by Crippen LogP contribution is -2.50. The summed E-state index contributed by atoms with van der Waals surface area (Å²) < 4.78 is 19.2. The van der Waals surface area contributed by atoms with Crippen LogP contribution in [0.1, 0.15) is 32.3 Å². The molecular weight excluding hydrogens is 283 g/mol. The number of hydrogen-bond donors (Lipinski definition) is 1. The Bertz CT molecular complexity index is 493. The van der Waals surface area contributed by atoms with Crippen LogP contribution in [-0.4, -0.2) is 42.8 Å². The summed E-state index contributed by atoms with van der Waals surface area (Å²) in [5.74, 6) is -0.224. The Balaban J connectivity index is 1.84. The first kappa shape index (κ1) is 16.7. The number of rotatable bonds is 5. The van der Waals surface area contributed by atoms with E-state index in [1.165, 1.54) is 6.07 Å². The third-order valence-electron chi connectivity index (χ3n) is 3.92. The highest BCUT2D eigenvalue weighted by Crippen LogP contribution is 2.14. The molecule has 1 aromatic rings. The molecule has 1 aliphatic rings. The fourth-order valence-electron chi connectivity index (χ4n) is 2.84. The van der Waals surface area contributed by atoms with Crippen LogP contribution in [0, 0.1) is 5.82 Å². The third-order valence-corrected chi connectivity index (χ3v) is 3.92. The number of piperidine rings is 1. The van der Waals surface area contributed by atoms with Crippen LogP contribution < -0.4 is 5.32 Å². The molecule has 2 unspecified atom stereocenters. The van der Waals surface area contributed by atoms with Crippen LogP contribution in [-0.2, 0) is 11.2 Å². The minimum Gasteiger partial charge on any atom is -0.377 e. The number of ether oxygens (including phenoxy) is 1. The van der Waals surface area contributed by atoms with Crippen LogP contribution in [0.2, 0.25) is 0 Å². The van der Waals surface area contributed by atoms with Crippen molar-refractivity contribution < 1.29 is 13.9 Å². The first-order chi connectivity index (χ1) is 10.6. The summed E-state index contributed by atoms with van der Waals surface area (Å²) in [7, 11) is 0. The van der Waals surface area contributed by atoms with E-state index < -0.39 is 0 Å². The fraction of sp³-hybridized carbons (Fsp3) is 0.588. The number of halogens is 1. The largest absolute Gasteiger partial charge is 0.377 e. The van der Waals surface area contributed by atoms with E-state index >= 15 is 0 Å². The molecule has 2 rings (SSSR count). The maximum Gasteiger partial charge on any atom is 0.317 e. The maximum absolute atomic E-state index is 13.6. The van der Waals surface area contributed by atoms with E-state index in [1.54, 1.807) is 17.0 Å². The molecule has 0 radical (unpaired) electrons. The zero-order valence-corrected chi connectivity index (χ0v) is 13.3. The Kier molecular flexibility index (Phi) is 6.19. The van der Waals surface area contributed by atoms with E-state index in [1.807, 2.05) is 19.9 Å². The lowest BCUT2D eigenvalue weighted by atomic mass is 10.1. The van der Waals surface area contributed by atoms with Gasteiger partial charge in [-0.3, -0.25) is 0 Å². The number of likely N-dealkylation sites (tertiary alicyclic amines) is 1. The second kappa shape index (κ2) is 8.13. The summed E-state index contributed by atoms with van der Waals surface area (Å²) in [4.78, 5) is 14.1. The summed E-state index contributed by atoms with van der Waals surface area (Å²) in [6.07, 6.45) is 2.58. The van der Waals surface area contributed by atoms with Gasteiger partial charge in [0.15, 0.2) is 0 Å². The number of amides is 2. The van der Waals surface area contributed by atoms with E-state index in [9.17, 15) is 9.18 Å². The molecule has 1 saturated heterocycles. The highest BCUT2D eigenvalue weighted by molar-refractivity contribution is 5.74. The topological polar surface area (TPSA) is 41.6 Å². The van der Waals surface area contributed by atoms with E-state index in [-0.39, 0.29) is 24.0 Å². The minimum absolute atomic E-state index is 0.0896. The average molecular weight is 308 g/mol. The van der Waals surface area contributed by atoms with Crippen molar-refractivity contribution >= 4 is 6.03 Å². The van der Waals surface area contributed by atoms with Crippen molar-refractivity contribution in [3.05, 3.63) is 35.6 Å². The number of benzene rings is 1. The van der Waals surface area contributed by atoms with Gasteiger partial charge in [-0.1, -0.05) is 18.2 Å². The van der Waals surface area contributed by atoms with Crippen LogP contribution in [0.3, 0.4) is 0 Å². The normalized spacial score (nSPS) is 19.8. The molecule has 0 aliphatic carbocycles. The number of carbonyl (C=O) groups excluding carboxylic acids is 1. The van der Waals surface area contributed by atoms with Crippen molar-refractivity contribution in [1.82, 2.24) is 10.2 Å². The SMILES string of the molecule is CCOC1CCCN(C(=O)NC(C)Cc2ccccc2F)C1. The molecule has 0 saturated carbocycles. The molecule has 0 spiro atoms. The van der Waals surface area contributed by atoms with Gasteiger partial charge in [0.2, 0.25) is 0 Å². The standard InChI is InChI=1S/C17H25FN2O2/c1-3-22-15-8-6-10-20(12-15)17(21)19-13(2)11-14-7-4-5-9-16(14)18/h4-5,7,9,13,15H,3,6,8,10-12H2,1-2H3,(H,19,21). The molecule has 22 heavy (non-hydrogen) atoms. The van der Waals surface area contributed by atoms with Crippen molar-refractivity contribution in [2.75, 3.05) is 19.7 Å². The van der Waals surface area contributed by atoms with Gasteiger partial charge in [0.05, 0.1) is 6.10 Å². The van der Waals surface area contributed by atoms with Gasteiger partial charge in [-0.05, 0) is 44.7 Å². The highest BCUT2D eigenvalue weighted by atomic mass is 19.1. The lowest BCUT2D eigenvalue weighted by Gasteiger charge is -2.33. The van der Waals surface area contributed by atoms with Gasteiger partial charge < -0.3 is 15.0 Å². The molecule has 4 nitrogen and oxygen atoms in total. The Hall–Kier alpha value is -1.62. The van der Waals surface area contributed by atoms with Crippen LogP contribution in [0.25, 0.3) is 0 Å². The molecule has 1 aliphatic heterocycles. The van der Waals surface area contributed by atoms with Crippen molar-refractivity contribution in [2.24, 2.45) is 0 Å². The predicted molar refractivity (Wildman–Crippen MR) is 84.3 cm³/mol. The van der Waals surface area contributed by atoms with Crippen LogP contribution in [0.4, 0.5) is 9.18 Å². The zero-order chi connectivity index (χ0) is 15.9. The summed E-state index contributed by atoms with van der Waals surface area (Å²) in [6, 6.07) is 6.48. The average Bonchev–Trinajstić information content (AvgIpc) is 2.50. The maximum atomic E-state index is 13.6. The molecule has 1 N–H and O–H groups in total. The number of urea groups is 1. The fourth-order valence-corrected chi connectivity index (χ4v) is 2.84. The van der Waals surface area contributed by atoms with Gasteiger partial charge in [0.1, 0.15) is 5.82 Å². The van der Waals surface area contributed by atoms with Crippen LogP contribution in [0.15, 0.2) is 24.3 Å². The number of nitrogens with zero attached hydrogens (tertiary/aromatic N) is 1. The van der Waals surface area contributed by atoms with E-state index in [0.29, 0.717) is 25.1 Å². The quantitative estimate of drug-likeness (QED) is 0.908. The van der Waals surface area contributed by atoms with Crippen molar-refractivity contribution in [3.8, 4) is 0 Å². The van der Waals surface area contributed by atoms with Crippen molar-refractivity contribution in [1.29, 1.82) is 0 Å². The summed E-state index contributed by atoms with van der Waals surface area (Å²) in [5.41, 5.74) is 0.626. The molecule has 1 heterocycles. The second-order valence-electron chi connectivity index (χ2n) is 5.81. The van der Waals surface area contributed by atoms with Gasteiger partial charge in [-0.25, -0.2) is 9.18 Å². The molecule has 0 bridgehead atoms. The van der Waals surface area contributed by atoms with Crippen LogP contribution >= 0.6 is 0 Å². The molecule has 1 fully saturated rings. The monoisotopic (exact) mass is 308 g/mol. The predicted octanol–water partition coefficient (Wildman–Crippen LogP) is 2.97. The van der Waals surface area contributed by atoms with Gasteiger partial charge in [0.25, 0.3) is 0 Å². The van der Waals surface area contributed by atoms with Crippen molar-refractivity contribution in [2.45, 2.75) is 45.3 Å². The Morgan fingerprint density at radius 3 is 3.00 bits per heavy atom. The van der Waals surface area contributed by atoms with E-state index in [4.69, 9.17) is 4.74 Å². The second-order valence-corrected chi connectivity index (χ2v) is 5.81. The molecule has 5 heteroatoms. The molecular formula is C17H25FN2O2. The summed E-state index contributed by atoms with van der Waals surface area (Å²) in [5, 5.41) is 2.95. The smallest absolute Gasteiger partial charge is 0.317 e. The van der Waals surface area contributed by atoms with E-state index in [0.717, 1.165) is 19.4 Å². The molecule has 2 atom stereocenters. The van der Waals surface area contributed by atoms with Gasteiger partial charge in [0, 0.05) is 25.7 Å². The molecule has 0 aromatic heterocycles. The Labute approximate surface area is 131 Å². The Morgan fingerprint density at radius 2 is 2.27 bits per heavy atom. The van der Waals surface area contributed by atoms with Gasteiger partial charge in [-0.15, -0.1) is 0 Å². The molecule has 2 amide bonds. The van der Waals surface area contributed by atoms with Gasteiger partial charge >= 0.3 is 6.03 Å². The summed E-state index contributed by atoms with van der Waals surface area (Å²) >= 11 is 0. The minimum atomic E-state index is -0.224. The first-order valence-electron chi connectivity index (χ1n) is 8.00. The lowest BCUT2D eigenvalue weighted by molar-refractivity contribution is 0.0162. The number of hydrogen-bond acceptors (Lipinski definition) is 2. The summed E-state index contributed by atoms with van der Waals surface area (Å²) in [6.45, 7) is 5.92. The van der Waals surface area contributed by atoms with E-state index in [2.05, 4.69) is 5.32 Å². The zero-order valence-electron chi connectivity index (χ0n) is 13.3. The first-order valence-corrected chi connectivity index (χ1v) is 8.00. The molecule has 122 valence electrons. The van der Waals surface area contributed by atoms with Crippen molar-refractivity contribution in [3.63, 3.8) is 0 Å². The molecule has 1 aromatic carbocycles. The number of nitrogens with one attached hydrogen (secondary N) is 1.